The summed E-state index contributed by atoms with van der Waals surface area (Å²) < 4.78 is 32.2. The molecule has 0 aliphatic heterocycles. The van der Waals surface area contributed by atoms with Gasteiger partial charge in [0.05, 0.1) is 25.1 Å². The Labute approximate surface area is 227 Å². The number of ketones is 1. The zero-order chi connectivity index (χ0) is 28.4. The van der Waals surface area contributed by atoms with Crippen molar-refractivity contribution in [3.05, 3.63) is 83.7 Å². The predicted octanol–water partition coefficient (Wildman–Crippen LogP) is 3.82. The van der Waals surface area contributed by atoms with Gasteiger partial charge in [0.25, 0.3) is 11.7 Å². The van der Waals surface area contributed by atoms with Crippen molar-refractivity contribution in [1.29, 1.82) is 0 Å². The van der Waals surface area contributed by atoms with Gasteiger partial charge in [-0.3, -0.25) is 9.59 Å². The van der Waals surface area contributed by atoms with Crippen LogP contribution in [0.5, 0.6) is 0 Å². The number of carbonyl (C=O) groups excluding carboxylic acids is 2. The van der Waals surface area contributed by atoms with Crippen LogP contribution in [0.25, 0.3) is 10.8 Å². The maximum absolute atomic E-state index is 13.4. The molecule has 0 fully saturated rings. The average Bonchev–Trinajstić information content (AvgIpc) is 2.87. The Hall–Kier alpha value is -4.09. The lowest BCUT2D eigenvalue weighted by Crippen LogP contribution is -2.42. The monoisotopic (exact) mass is 549 g/mol. The van der Waals surface area contributed by atoms with Crippen LogP contribution in [-0.2, 0) is 19.6 Å². The molecular weight excluding hydrogens is 518 g/mol. The summed E-state index contributed by atoms with van der Waals surface area (Å²) >= 11 is 0. The number of hydrogen-bond donors (Lipinski definition) is 3. The number of nitrogens with zero attached hydrogens (tertiary/aromatic N) is 2. The number of Topliss-reactive ketones (excluding diaryl/α,β-unsaturated/α-hetero) is 1. The topological polar surface area (TPSA) is 139 Å². The summed E-state index contributed by atoms with van der Waals surface area (Å²) in [5.74, 6) is -0.803. The van der Waals surface area contributed by atoms with E-state index in [-0.39, 0.29) is 22.4 Å². The largest absolute Gasteiger partial charge is 0.497 e. The second-order valence-corrected chi connectivity index (χ2v) is 12.0. The van der Waals surface area contributed by atoms with Gasteiger partial charge in [-0.15, -0.1) is 0 Å². The summed E-state index contributed by atoms with van der Waals surface area (Å²) in [6.45, 7) is 5.96. The van der Waals surface area contributed by atoms with Crippen LogP contribution < -0.4 is 15.4 Å². The molecule has 3 aromatic rings. The maximum Gasteiger partial charge on any atom is 0.296 e. The van der Waals surface area contributed by atoms with Crippen LogP contribution >= 0.6 is 0 Å². The Morgan fingerprint density at radius 2 is 1.77 bits per heavy atom. The molecule has 0 spiro atoms. The standard InChI is InChI=1S/C28H31N5O5S/c1-28(2,3)17-14-22(26(38-4)23(15-17)33-39(5,36)37)32-27(35)25(34)20-10-11-21(19-9-7-6-8-18(19)20)31-24-12-13-29-16-30-24/h6-14,16,23,33H,15H2,1-5H3,(H,32,35)(H,29,30,31). The number of benzene rings is 2. The highest BCUT2D eigenvalue weighted by molar-refractivity contribution is 7.88. The van der Waals surface area contributed by atoms with Crippen molar-refractivity contribution < 1.29 is 22.7 Å². The Morgan fingerprint density at radius 3 is 2.38 bits per heavy atom. The van der Waals surface area contributed by atoms with Crippen LogP contribution in [0.1, 0.15) is 37.6 Å². The van der Waals surface area contributed by atoms with Crippen molar-refractivity contribution in [2.24, 2.45) is 5.41 Å². The number of nitrogens with one attached hydrogen (secondary N) is 3. The lowest BCUT2D eigenvalue weighted by Gasteiger charge is -2.33. The highest BCUT2D eigenvalue weighted by Gasteiger charge is 2.33. The molecule has 2 aromatic carbocycles. The first kappa shape index (κ1) is 27.9. The van der Waals surface area contributed by atoms with E-state index in [2.05, 4.69) is 25.3 Å². The number of allylic oxidation sites excluding steroid dienone is 1. The highest BCUT2D eigenvalue weighted by atomic mass is 32.2. The first-order valence-corrected chi connectivity index (χ1v) is 14.1. The molecule has 11 heteroatoms. The van der Waals surface area contributed by atoms with Crippen molar-refractivity contribution in [2.75, 3.05) is 18.7 Å². The summed E-state index contributed by atoms with van der Waals surface area (Å²) in [5, 5.41) is 7.21. The third-order valence-corrected chi connectivity index (χ3v) is 7.04. The molecule has 10 nitrogen and oxygen atoms in total. The van der Waals surface area contributed by atoms with Crippen molar-refractivity contribution >= 4 is 44.0 Å². The second-order valence-electron chi connectivity index (χ2n) is 10.3. The Morgan fingerprint density at radius 1 is 1.05 bits per heavy atom. The zero-order valence-electron chi connectivity index (χ0n) is 22.4. The molecule has 1 aromatic heterocycles. The van der Waals surface area contributed by atoms with Gasteiger partial charge in [-0.25, -0.2) is 23.1 Å². The van der Waals surface area contributed by atoms with Crippen LogP contribution in [0.3, 0.4) is 0 Å². The quantitative estimate of drug-likeness (QED) is 0.285. The van der Waals surface area contributed by atoms with Gasteiger partial charge in [-0.1, -0.05) is 50.6 Å². The SMILES string of the molecule is COC1=C(NC(=O)C(=O)c2ccc(Nc3ccncn3)c3ccccc23)C=C(C(C)(C)C)CC1NS(C)(=O)=O. The predicted molar refractivity (Wildman–Crippen MR) is 150 cm³/mol. The number of sulfonamides is 1. The van der Waals surface area contributed by atoms with Crippen molar-refractivity contribution in [3.63, 3.8) is 0 Å². The Balaban J connectivity index is 1.69. The summed E-state index contributed by atoms with van der Waals surface area (Å²) in [5.41, 5.74) is 1.74. The van der Waals surface area contributed by atoms with Crippen molar-refractivity contribution in [3.8, 4) is 0 Å². The number of methoxy groups -OCH3 is 1. The number of anilines is 2. The average molecular weight is 550 g/mol. The minimum atomic E-state index is -3.58. The Kier molecular flexibility index (Phi) is 7.84. The van der Waals surface area contributed by atoms with Gasteiger partial charge >= 0.3 is 0 Å². The molecule has 0 bridgehead atoms. The summed E-state index contributed by atoms with van der Waals surface area (Å²) in [7, 11) is -2.19. The number of carbonyl (C=O) groups is 2. The lowest BCUT2D eigenvalue weighted by molar-refractivity contribution is -0.116. The molecule has 3 N–H and O–H groups in total. The van der Waals surface area contributed by atoms with E-state index in [4.69, 9.17) is 4.74 Å². The molecule has 1 atom stereocenters. The molecule has 4 rings (SSSR count). The lowest BCUT2D eigenvalue weighted by atomic mass is 9.79. The van der Waals surface area contributed by atoms with Crippen molar-refractivity contribution in [2.45, 2.75) is 33.2 Å². The van der Waals surface area contributed by atoms with Crippen LogP contribution in [0, 0.1) is 5.41 Å². The minimum absolute atomic E-state index is 0.220. The molecule has 1 aliphatic rings. The van der Waals surface area contributed by atoms with E-state index in [9.17, 15) is 18.0 Å². The van der Waals surface area contributed by atoms with Crippen molar-refractivity contribution in [1.82, 2.24) is 20.0 Å². The molecule has 39 heavy (non-hydrogen) atoms. The van der Waals surface area contributed by atoms with E-state index in [1.54, 1.807) is 42.6 Å². The van der Waals surface area contributed by atoms with Gasteiger partial charge in [-0.05, 0) is 41.5 Å². The third-order valence-electron chi connectivity index (χ3n) is 6.33. The number of amides is 1. The fourth-order valence-corrected chi connectivity index (χ4v) is 5.15. The molecule has 1 aliphatic carbocycles. The van der Waals surface area contributed by atoms with Gasteiger partial charge < -0.3 is 15.4 Å². The number of fused-ring (bicyclic) bond motifs is 1. The molecule has 0 radical (unpaired) electrons. The number of ether oxygens (including phenoxy) is 1. The van der Waals surface area contributed by atoms with E-state index in [1.807, 2.05) is 32.9 Å². The number of rotatable bonds is 8. The van der Waals surface area contributed by atoms with Crippen LogP contribution in [0.4, 0.5) is 11.5 Å². The molecular formula is C28H31N5O5S. The van der Waals surface area contributed by atoms with Gasteiger partial charge in [0, 0.05) is 22.8 Å². The van der Waals surface area contributed by atoms with E-state index >= 15 is 0 Å². The van der Waals surface area contributed by atoms with Gasteiger partial charge in [-0.2, -0.15) is 0 Å². The maximum atomic E-state index is 13.4. The van der Waals surface area contributed by atoms with E-state index in [1.165, 1.54) is 13.4 Å². The Bertz CT molecular complexity index is 1590. The summed E-state index contributed by atoms with van der Waals surface area (Å²) in [4.78, 5) is 34.8. The smallest absolute Gasteiger partial charge is 0.296 e. The molecule has 0 saturated heterocycles. The first-order valence-electron chi connectivity index (χ1n) is 12.2. The van der Waals surface area contributed by atoms with Gasteiger partial charge in [0.15, 0.2) is 0 Å². The molecule has 1 unspecified atom stereocenters. The minimum Gasteiger partial charge on any atom is -0.497 e. The number of hydrogen-bond acceptors (Lipinski definition) is 8. The zero-order valence-corrected chi connectivity index (χ0v) is 23.2. The third kappa shape index (κ3) is 6.50. The fraction of sp³-hybridized carbons (Fsp3) is 0.286. The van der Waals surface area contributed by atoms with Gasteiger partial charge in [0.2, 0.25) is 10.0 Å². The molecule has 0 saturated carbocycles. The number of aromatic nitrogens is 2. The van der Waals surface area contributed by atoms with Crippen LogP contribution in [0.2, 0.25) is 0 Å². The summed E-state index contributed by atoms with van der Waals surface area (Å²) in [6.07, 6.45) is 6.21. The van der Waals surface area contributed by atoms with E-state index in [0.29, 0.717) is 23.3 Å². The van der Waals surface area contributed by atoms with E-state index in [0.717, 1.165) is 17.2 Å². The fourth-order valence-electron chi connectivity index (χ4n) is 4.44. The molecule has 204 valence electrons. The normalized spacial score (nSPS) is 16.0. The van der Waals surface area contributed by atoms with Gasteiger partial charge in [0.1, 0.15) is 17.9 Å². The molecule has 1 heterocycles. The van der Waals surface area contributed by atoms with E-state index < -0.39 is 27.8 Å². The first-order chi connectivity index (χ1) is 18.4. The van der Waals surface area contributed by atoms with Crippen LogP contribution in [-0.4, -0.2) is 49.5 Å². The molecule has 1 amide bonds. The summed E-state index contributed by atoms with van der Waals surface area (Å²) in [6, 6.07) is 11.5. The second kappa shape index (κ2) is 11.0. The highest BCUT2D eigenvalue weighted by Crippen LogP contribution is 2.36. The van der Waals surface area contributed by atoms with Crippen LogP contribution in [0.15, 0.2) is 78.1 Å².